The molecule has 1 aliphatic rings. The summed E-state index contributed by atoms with van der Waals surface area (Å²) in [4.78, 5) is 12.0. The lowest BCUT2D eigenvalue weighted by atomic mass is 10.0. The van der Waals surface area contributed by atoms with Crippen molar-refractivity contribution in [3.63, 3.8) is 0 Å². The monoisotopic (exact) mass is 243 g/mol. The van der Waals surface area contributed by atoms with E-state index in [9.17, 15) is 4.79 Å². The zero-order chi connectivity index (χ0) is 11.8. The van der Waals surface area contributed by atoms with E-state index in [0.29, 0.717) is 5.02 Å². The van der Waals surface area contributed by atoms with Crippen LogP contribution in [0.1, 0.15) is 21.5 Å². The third-order valence-electron chi connectivity index (χ3n) is 2.96. The van der Waals surface area contributed by atoms with Crippen molar-refractivity contribution in [3.05, 3.63) is 64.2 Å². The van der Waals surface area contributed by atoms with Gasteiger partial charge in [-0.25, -0.2) is 0 Å². The smallest absolute Gasteiger partial charge is 0.255 e. The summed E-state index contributed by atoms with van der Waals surface area (Å²) in [5.41, 5.74) is 3.66. The van der Waals surface area contributed by atoms with E-state index >= 15 is 0 Å². The maximum absolute atomic E-state index is 12.0. The van der Waals surface area contributed by atoms with E-state index in [-0.39, 0.29) is 5.91 Å². The molecule has 1 aliphatic heterocycles. The molecule has 84 valence electrons. The number of halogens is 1. The molecule has 1 N–H and O–H groups in total. The minimum atomic E-state index is -0.0540. The summed E-state index contributed by atoms with van der Waals surface area (Å²) in [5, 5.41) is 3.60. The van der Waals surface area contributed by atoms with Gasteiger partial charge in [0.2, 0.25) is 0 Å². The Morgan fingerprint density at radius 3 is 2.76 bits per heavy atom. The van der Waals surface area contributed by atoms with Crippen LogP contribution >= 0.6 is 11.6 Å². The second-order valence-electron chi connectivity index (χ2n) is 4.09. The van der Waals surface area contributed by atoms with E-state index < -0.39 is 0 Å². The molecule has 0 aromatic heterocycles. The SMILES string of the molecule is O=C1Nc2ccc(Cl)cc2Cc2ccccc21. The molecule has 0 unspecified atom stereocenters. The highest BCUT2D eigenvalue weighted by atomic mass is 35.5. The van der Waals surface area contributed by atoms with Crippen LogP contribution in [0.25, 0.3) is 0 Å². The molecule has 0 fully saturated rings. The van der Waals surface area contributed by atoms with Crippen molar-refractivity contribution in [1.82, 2.24) is 0 Å². The van der Waals surface area contributed by atoms with Crippen molar-refractivity contribution in [2.75, 3.05) is 5.32 Å². The first-order valence-electron chi connectivity index (χ1n) is 5.42. The van der Waals surface area contributed by atoms with Crippen molar-refractivity contribution in [3.8, 4) is 0 Å². The second-order valence-corrected chi connectivity index (χ2v) is 4.53. The third-order valence-corrected chi connectivity index (χ3v) is 3.19. The predicted octanol–water partition coefficient (Wildman–Crippen LogP) is 3.50. The summed E-state index contributed by atoms with van der Waals surface area (Å²) in [5.74, 6) is -0.0540. The Bertz CT molecular complexity index is 607. The Morgan fingerprint density at radius 2 is 1.88 bits per heavy atom. The van der Waals surface area contributed by atoms with Crippen LogP contribution < -0.4 is 5.32 Å². The molecule has 0 saturated carbocycles. The number of amides is 1. The zero-order valence-corrected chi connectivity index (χ0v) is 9.79. The molecule has 3 heteroatoms. The highest BCUT2D eigenvalue weighted by molar-refractivity contribution is 6.30. The third kappa shape index (κ3) is 1.81. The number of rotatable bonds is 0. The largest absolute Gasteiger partial charge is 0.322 e. The van der Waals surface area contributed by atoms with Crippen molar-refractivity contribution < 1.29 is 4.79 Å². The van der Waals surface area contributed by atoms with E-state index in [2.05, 4.69) is 5.32 Å². The number of anilines is 1. The van der Waals surface area contributed by atoms with Crippen LogP contribution in [0.4, 0.5) is 5.69 Å². The predicted molar refractivity (Wildman–Crippen MR) is 68.7 cm³/mol. The van der Waals surface area contributed by atoms with Gasteiger partial charge in [-0.2, -0.15) is 0 Å². The first-order valence-corrected chi connectivity index (χ1v) is 5.79. The molecule has 0 spiro atoms. The normalized spacial score (nSPS) is 13.4. The van der Waals surface area contributed by atoms with Crippen molar-refractivity contribution in [1.29, 1.82) is 0 Å². The Hall–Kier alpha value is -1.80. The van der Waals surface area contributed by atoms with Crippen molar-refractivity contribution in [2.45, 2.75) is 6.42 Å². The summed E-state index contributed by atoms with van der Waals surface area (Å²) in [6.07, 6.45) is 0.727. The lowest BCUT2D eigenvalue weighted by Gasteiger charge is -2.06. The van der Waals surface area contributed by atoms with Gasteiger partial charge in [-0.3, -0.25) is 4.79 Å². The molecular weight excluding hydrogens is 234 g/mol. The van der Waals surface area contributed by atoms with Crippen LogP contribution in [0.2, 0.25) is 5.02 Å². The highest BCUT2D eigenvalue weighted by Crippen LogP contribution is 2.28. The average Bonchev–Trinajstić information content (AvgIpc) is 2.46. The fourth-order valence-corrected chi connectivity index (χ4v) is 2.32. The number of carbonyl (C=O) groups excluding carboxylic acids is 1. The standard InChI is InChI=1S/C14H10ClNO/c15-11-5-6-13-10(8-11)7-9-3-1-2-4-12(9)14(17)16-13/h1-6,8H,7H2,(H,16,17). The van der Waals surface area contributed by atoms with Gasteiger partial charge in [0.05, 0.1) is 0 Å². The van der Waals surface area contributed by atoms with E-state index in [1.54, 1.807) is 6.07 Å². The fourth-order valence-electron chi connectivity index (χ4n) is 2.12. The van der Waals surface area contributed by atoms with E-state index in [1.165, 1.54) is 0 Å². The van der Waals surface area contributed by atoms with Gasteiger partial charge < -0.3 is 5.32 Å². The summed E-state index contributed by atoms with van der Waals surface area (Å²) in [6.45, 7) is 0. The van der Waals surface area contributed by atoms with E-state index in [0.717, 1.165) is 28.8 Å². The Kier molecular flexibility index (Phi) is 2.37. The molecule has 17 heavy (non-hydrogen) atoms. The molecule has 0 saturated heterocycles. The van der Waals surface area contributed by atoms with Crippen LogP contribution in [0.3, 0.4) is 0 Å². The summed E-state index contributed by atoms with van der Waals surface area (Å²) < 4.78 is 0. The van der Waals surface area contributed by atoms with Crippen LogP contribution in [0, 0.1) is 0 Å². The van der Waals surface area contributed by atoms with Gasteiger partial charge in [0.15, 0.2) is 0 Å². The number of carbonyl (C=O) groups is 1. The van der Waals surface area contributed by atoms with Gasteiger partial charge in [-0.05, 0) is 35.4 Å². The number of fused-ring (bicyclic) bond motifs is 2. The molecule has 2 aromatic carbocycles. The summed E-state index contributed by atoms with van der Waals surface area (Å²) >= 11 is 5.98. The van der Waals surface area contributed by atoms with Crippen LogP contribution in [0.15, 0.2) is 42.5 Å². The molecule has 0 bridgehead atoms. The lowest BCUT2D eigenvalue weighted by molar-refractivity contribution is 0.102. The molecule has 1 heterocycles. The van der Waals surface area contributed by atoms with Gasteiger partial charge in [0.25, 0.3) is 5.91 Å². The Balaban J connectivity index is 2.18. The first-order chi connectivity index (χ1) is 8.24. The van der Waals surface area contributed by atoms with E-state index in [1.807, 2.05) is 36.4 Å². The van der Waals surface area contributed by atoms with Gasteiger partial charge in [-0.15, -0.1) is 0 Å². The molecule has 0 atom stereocenters. The number of hydrogen-bond acceptors (Lipinski definition) is 1. The quantitative estimate of drug-likeness (QED) is 0.754. The number of benzene rings is 2. The van der Waals surface area contributed by atoms with Gasteiger partial charge in [-0.1, -0.05) is 29.8 Å². The fraction of sp³-hybridized carbons (Fsp3) is 0.0714. The zero-order valence-electron chi connectivity index (χ0n) is 9.03. The van der Waals surface area contributed by atoms with Gasteiger partial charge >= 0.3 is 0 Å². The first kappa shape index (κ1) is 10.4. The minimum Gasteiger partial charge on any atom is -0.322 e. The number of hydrogen-bond donors (Lipinski definition) is 1. The van der Waals surface area contributed by atoms with Crippen molar-refractivity contribution >= 4 is 23.2 Å². The molecule has 0 aliphatic carbocycles. The second kappa shape index (κ2) is 3.90. The molecule has 0 radical (unpaired) electrons. The highest BCUT2D eigenvalue weighted by Gasteiger charge is 2.18. The summed E-state index contributed by atoms with van der Waals surface area (Å²) in [7, 11) is 0. The van der Waals surface area contributed by atoms with Crippen LogP contribution in [-0.4, -0.2) is 5.91 Å². The molecule has 3 rings (SSSR count). The Labute approximate surface area is 104 Å². The maximum Gasteiger partial charge on any atom is 0.255 e. The topological polar surface area (TPSA) is 29.1 Å². The molecule has 1 amide bonds. The van der Waals surface area contributed by atoms with Crippen molar-refractivity contribution in [2.24, 2.45) is 0 Å². The minimum absolute atomic E-state index is 0.0540. The van der Waals surface area contributed by atoms with Crippen LogP contribution in [-0.2, 0) is 6.42 Å². The van der Waals surface area contributed by atoms with E-state index in [4.69, 9.17) is 11.6 Å². The summed E-state index contributed by atoms with van der Waals surface area (Å²) in [6, 6.07) is 13.2. The van der Waals surface area contributed by atoms with Gasteiger partial charge in [0.1, 0.15) is 0 Å². The molecule has 2 aromatic rings. The number of nitrogens with one attached hydrogen (secondary N) is 1. The van der Waals surface area contributed by atoms with Gasteiger partial charge in [0, 0.05) is 22.7 Å². The molecular formula is C14H10ClNO. The maximum atomic E-state index is 12.0. The lowest BCUT2D eigenvalue weighted by Crippen LogP contribution is -2.11. The molecule has 2 nitrogen and oxygen atoms in total. The average molecular weight is 244 g/mol. The Morgan fingerprint density at radius 1 is 1.06 bits per heavy atom. The van der Waals surface area contributed by atoms with Crippen LogP contribution in [0.5, 0.6) is 0 Å².